The van der Waals surface area contributed by atoms with Crippen molar-refractivity contribution in [3.63, 3.8) is 0 Å². The predicted octanol–water partition coefficient (Wildman–Crippen LogP) is 4.12. The first-order valence-electron chi connectivity index (χ1n) is 9.04. The number of hydrogen-bond donors (Lipinski definition) is 0. The molecule has 1 aliphatic heterocycles. The van der Waals surface area contributed by atoms with Crippen LogP contribution in [0.5, 0.6) is 0 Å². The number of sulfonamides is 1. The maximum atomic E-state index is 14.0. The van der Waals surface area contributed by atoms with Crippen molar-refractivity contribution in [2.75, 3.05) is 26.2 Å². The van der Waals surface area contributed by atoms with Crippen molar-refractivity contribution >= 4 is 50.2 Å². The predicted molar refractivity (Wildman–Crippen MR) is 116 cm³/mol. The topological polar surface area (TPSA) is 70.6 Å². The van der Waals surface area contributed by atoms with Gasteiger partial charge in [-0.25, -0.2) is 17.8 Å². The van der Waals surface area contributed by atoms with E-state index in [1.807, 2.05) is 6.07 Å². The van der Waals surface area contributed by atoms with Crippen LogP contribution in [0.3, 0.4) is 0 Å². The van der Waals surface area contributed by atoms with Crippen LogP contribution in [-0.4, -0.2) is 54.7 Å². The van der Waals surface area contributed by atoms with E-state index in [2.05, 4.69) is 4.98 Å². The Hall–Kier alpha value is -1.85. The number of hydrogen-bond acceptors (Lipinski definition) is 6. The minimum atomic E-state index is -3.94. The molecule has 1 fully saturated rings. The molecule has 0 spiro atoms. The van der Waals surface area contributed by atoms with Gasteiger partial charge in [-0.2, -0.15) is 4.31 Å². The van der Waals surface area contributed by atoms with Gasteiger partial charge >= 0.3 is 0 Å². The third-order valence-electron chi connectivity index (χ3n) is 4.76. The Morgan fingerprint density at radius 1 is 1.10 bits per heavy atom. The highest BCUT2D eigenvalue weighted by molar-refractivity contribution is 7.89. The second-order valence-electron chi connectivity index (χ2n) is 6.66. The first-order valence-corrected chi connectivity index (χ1v) is 12.5. The number of carbonyl (C=O) groups excluding carboxylic acids is 1. The molecule has 3 heterocycles. The van der Waals surface area contributed by atoms with E-state index in [1.54, 1.807) is 17.9 Å². The summed E-state index contributed by atoms with van der Waals surface area (Å²) in [6, 6.07) is 8.96. The van der Waals surface area contributed by atoms with Crippen LogP contribution < -0.4 is 0 Å². The molecule has 158 valence electrons. The molecular formula is C19H17ClFN3O3S3. The van der Waals surface area contributed by atoms with Gasteiger partial charge in [0.25, 0.3) is 5.91 Å². The second kappa shape index (κ2) is 8.35. The Bertz CT molecular complexity index is 1200. The number of aryl methyl sites for hydroxylation is 1. The second-order valence-corrected chi connectivity index (χ2v) is 11.3. The normalized spacial score (nSPS) is 15.5. The summed E-state index contributed by atoms with van der Waals surface area (Å²) in [6.07, 6.45) is 0. The van der Waals surface area contributed by atoms with Gasteiger partial charge in [0.05, 0.1) is 14.9 Å². The zero-order valence-electron chi connectivity index (χ0n) is 15.8. The molecule has 11 heteroatoms. The number of carbonyl (C=O) groups is 1. The molecule has 1 amide bonds. The van der Waals surface area contributed by atoms with Crippen molar-refractivity contribution in [2.24, 2.45) is 0 Å². The van der Waals surface area contributed by atoms with Gasteiger partial charge in [0.2, 0.25) is 10.0 Å². The molecule has 3 aromatic rings. The summed E-state index contributed by atoms with van der Waals surface area (Å²) in [4.78, 5) is 20.2. The Kier molecular flexibility index (Phi) is 5.95. The number of thiophene rings is 1. The van der Waals surface area contributed by atoms with Crippen LogP contribution in [0.2, 0.25) is 4.34 Å². The number of thiazole rings is 1. The van der Waals surface area contributed by atoms with Crippen molar-refractivity contribution in [2.45, 2.75) is 11.8 Å². The Morgan fingerprint density at radius 2 is 1.80 bits per heavy atom. The molecule has 1 aromatic carbocycles. The number of nitrogens with zero attached hydrogens (tertiary/aromatic N) is 3. The smallest absolute Gasteiger partial charge is 0.265 e. The summed E-state index contributed by atoms with van der Waals surface area (Å²) < 4.78 is 41.3. The molecule has 0 aliphatic carbocycles. The molecule has 2 aromatic heterocycles. The number of benzene rings is 1. The first kappa shape index (κ1) is 21.4. The lowest BCUT2D eigenvalue weighted by atomic mass is 10.3. The van der Waals surface area contributed by atoms with Crippen LogP contribution in [-0.2, 0) is 10.0 Å². The first-order chi connectivity index (χ1) is 14.3. The molecule has 1 aliphatic rings. The van der Waals surface area contributed by atoms with E-state index in [9.17, 15) is 17.6 Å². The molecule has 1 saturated heterocycles. The Morgan fingerprint density at radius 3 is 2.43 bits per heavy atom. The molecule has 30 heavy (non-hydrogen) atoms. The molecule has 0 radical (unpaired) electrons. The van der Waals surface area contributed by atoms with E-state index in [4.69, 9.17) is 11.6 Å². The largest absolute Gasteiger partial charge is 0.335 e. The average molecular weight is 486 g/mol. The van der Waals surface area contributed by atoms with Crippen LogP contribution in [0.4, 0.5) is 4.39 Å². The number of halogens is 2. The van der Waals surface area contributed by atoms with E-state index in [0.717, 1.165) is 16.0 Å². The summed E-state index contributed by atoms with van der Waals surface area (Å²) in [7, 11) is -3.94. The van der Waals surface area contributed by atoms with Gasteiger partial charge in [0, 0.05) is 26.2 Å². The number of aromatic nitrogens is 1. The lowest BCUT2D eigenvalue weighted by molar-refractivity contribution is 0.0701. The zero-order valence-corrected chi connectivity index (χ0v) is 19.0. The van der Waals surface area contributed by atoms with Gasteiger partial charge in [-0.15, -0.1) is 22.7 Å². The van der Waals surface area contributed by atoms with Gasteiger partial charge in [0.15, 0.2) is 0 Å². The van der Waals surface area contributed by atoms with Crippen molar-refractivity contribution in [3.05, 3.63) is 57.1 Å². The summed E-state index contributed by atoms with van der Waals surface area (Å²) in [5.41, 5.74) is 0.630. The standard InChI is InChI=1S/C19H17ClFN3O3S3/c1-12-17(29-18(22-12)14-6-7-16(20)28-14)19(25)23-8-10-24(11-9-23)30(26,27)15-5-3-2-4-13(15)21/h2-7H,8-11H2,1H3. The third kappa shape index (κ3) is 4.02. The molecular weight excluding hydrogens is 469 g/mol. The minimum absolute atomic E-state index is 0.105. The Labute approximate surface area is 186 Å². The SMILES string of the molecule is Cc1nc(-c2ccc(Cl)s2)sc1C(=O)N1CCN(S(=O)(=O)c2ccccc2F)CC1. The molecule has 0 bridgehead atoms. The van der Waals surface area contributed by atoms with E-state index >= 15 is 0 Å². The fraction of sp³-hybridized carbons (Fsp3) is 0.263. The lowest BCUT2D eigenvalue weighted by Crippen LogP contribution is -2.50. The monoisotopic (exact) mass is 485 g/mol. The van der Waals surface area contributed by atoms with Gasteiger partial charge < -0.3 is 4.90 Å². The summed E-state index contributed by atoms with van der Waals surface area (Å²) >= 11 is 8.69. The van der Waals surface area contributed by atoms with Gasteiger partial charge in [0.1, 0.15) is 20.6 Å². The van der Waals surface area contributed by atoms with Crippen LogP contribution in [0.15, 0.2) is 41.3 Å². The summed E-state index contributed by atoms with van der Waals surface area (Å²) in [5.74, 6) is -0.959. The fourth-order valence-corrected chi connectivity index (χ4v) is 6.82. The van der Waals surface area contributed by atoms with Crippen LogP contribution in [0.25, 0.3) is 9.88 Å². The van der Waals surface area contributed by atoms with E-state index in [1.165, 1.54) is 45.2 Å². The van der Waals surface area contributed by atoms with Gasteiger partial charge in [-0.3, -0.25) is 4.79 Å². The van der Waals surface area contributed by atoms with Gasteiger partial charge in [-0.1, -0.05) is 23.7 Å². The van der Waals surface area contributed by atoms with Crippen molar-refractivity contribution in [1.29, 1.82) is 0 Å². The molecule has 0 atom stereocenters. The molecule has 6 nitrogen and oxygen atoms in total. The zero-order chi connectivity index (χ0) is 21.5. The highest BCUT2D eigenvalue weighted by Gasteiger charge is 2.33. The van der Waals surface area contributed by atoms with Crippen molar-refractivity contribution < 1.29 is 17.6 Å². The van der Waals surface area contributed by atoms with E-state index < -0.39 is 15.8 Å². The third-order valence-corrected chi connectivity index (χ3v) is 9.23. The highest BCUT2D eigenvalue weighted by atomic mass is 35.5. The van der Waals surface area contributed by atoms with Crippen molar-refractivity contribution in [3.8, 4) is 9.88 Å². The number of piperazine rings is 1. The molecule has 0 N–H and O–H groups in total. The van der Waals surface area contributed by atoms with Crippen molar-refractivity contribution in [1.82, 2.24) is 14.2 Å². The summed E-state index contributed by atoms with van der Waals surface area (Å²) in [6.45, 7) is 2.44. The van der Waals surface area contributed by atoms with Crippen LogP contribution in [0.1, 0.15) is 15.4 Å². The summed E-state index contributed by atoms with van der Waals surface area (Å²) in [5, 5.41) is 0.730. The highest BCUT2D eigenvalue weighted by Crippen LogP contribution is 2.35. The minimum Gasteiger partial charge on any atom is -0.335 e. The quantitative estimate of drug-likeness (QED) is 0.557. The van der Waals surface area contributed by atoms with Gasteiger partial charge in [-0.05, 0) is 31.2 Å². The average Bonchev–Trinajstić information content (AvgIpc) is 3.33. The Balaban J connectivity index is 1.48. The van der Waals surface area contributed by atoms with E-state index in [0.29, 0.717) is 14.9 Å². The number of amides is 1. The fourth-order valence-electron chi connectivity index (χ4n) is 3.20. The van der Waals surface area contributed by atoms with Crippen LogP contribution in [0, 0.1) is 12.7 Å². The molecule has 0 saturated carbocycles. The van der Waals surface area contributed by atoms with E-state index in [-0.39, 0.29) is 37.0 Å². The molecule has 0 unspecified atom stereocenters. The van der Waals surface area contributed by atoms with Crippen LogP contribution >= 0.6 is 34.3 Å². The number of rotatable bonds is 4. The maximum Gasteiger partial charge on any atom is 0.265 e. The lowest BCUT2D eigenvalue weighted by Gasteiger charge is -2.33. The molecule has 4 rings (SSSR count). The maximum absolute atomic E-state index is 14.0.